The van der Waals surface area contributed by atoms with Gasteiger partial charge in [0.2, 0.25) is 0 Å². The summed E-state index contributed by atoms with van der Waals surface area (Å²) in [5, 5.41) is 9.26. The number of aliphatic imine (C=N–C) groups is 2. The number of nitrogens with two attached hydrogens (primary N) is 4. The Labute approximate surface area is 175 Å². The number of benzene rings is 2. The van der Waals surface area contributed by atoms with Crippen molar-refractivity contribution >= 4 is 29.3 Å². The maximum absolute atomic E-state index is 11.3. The number of guanidine groups is 2. The molecule has 0 aliphatic heterocycles. The molecule has 1 saturated carbocycles. The largest absolute Gasteiger partial charge is 0.481 e. The van der Waals surface area contributed by atoms with E-state index in [2.05, 4.69) is 9.98 Å². The Bertz CT molecular complexity index is 929. The summed E-state index contributed by atoms with van der Waals surface area (Å²) in [5.74, 6) is -0.0807. The van der Waals surface area contributed by atoms with Crippen molar-refractivity contribution in [3.8, 4) is 0 Å². The van der Waals surface area contributed by atoms with Crippen LogP contribution in [0.2, 0.25) is 0 Å². The molecular weight excluding hydrogens is 380 g/mol. The van der Waals surface area contributed by atoms with Gasteiger partial charge in [0.1, 0.15) is 0 Å². The fourth-order valence-electron chi connectivity index (χ4n) is 4.35. The second-order valence-corrected chi connectivity index (χ2v) is 7.75. The maximum atomic E-state index is 11.3. The first-order chi connectivity index (χ1) is 14.3. The number of carbonyl (C=O) groups is 1. The van der Waals surface area contributed by atoms with E-state index < -0.39 is 5.97 Å². The molecule has 3 rings (SSSR count). The van der Waals surface area contributed by atoms with Gasteiger partial charge in [0.05, 0.1) is 11.4 Å². The van der Waals surface area contributed by atoms with Gasteiger partial charge in [-0.1, -0.05) is 24.3 Å². The molecule has 2 aromatic carbocycles. The van der Waals surface area contributed by atoms with Crippen LogP contribution in [-0.2, 0) is 4.79 Å². The van der Waals surface area contributed by atoms with E-state index >= 15 is 0 Å². The first kappa shape index (κ1) is 21.2. The van der Waals surface area contributed by atoms with Gasteiger partial charge in [-0.15, -0.1) is 0 Å². The van der Waals surface area contributed by atoms with Gasteiger partial charge in [0.25, 0.3) is 0 Å². The molecule has 0 saturated heterocycles. The first-order valence-corrected chi connectivity index (χ1v) is 9.93. The topological polar surface area (TPSA) is 166 Å². The number of rotatable bonds is 6. The molecule has 1 fully saturated rings. The van der Waals surface area contributed by atoms with E-state index in [1.165, 1.54) is 5.56 Å². The fraction of sp³-hybridized carbons (Fsp3) is 0.318. The standard InChI is InChI=1S/C22H28N6O2/c23-21(24)27-16-6-2-14(3-7-16)18-10-1-13(12-20(29)30)11-19(18)15-4-8-17(9-5-15)28-22(25)26/h2-9,13,18-19H,1,10-12H2,(H,29,30)(H4,23,24,27)(H4,25,26,28)/t13?,18-,19-/m0/s1. The molecular formula is C22H28N6O2. The van der Waals surface area contributed by atoms with Crippen LogP contribution in [0.1, 0.15) is 48.6 Å². The lowest BCUT2D eigenvalue weighted by atomic mass is 9.68. The van der Waals surface area contributed by atoms with E-state index in [0.29, 0.717) is 11.4 Å². The molecule has 8 heteroatoms. The Hall–Kier alpha value is -3.55. The molecule has 0 heterocycles. The van der Waals surface area contributed by atoms with Crippen molar-refractivity contribution in [1.29, 1.82) is 0 Å². The smallest absolute Gasteiger partial charge is 0.303 e. The van der Waals surface area contributed by atoms with Crippen molar-refractivity contribution in [3.63, 3.8) is 0 Å². The van der Waals surface area contributed by atoms with E-state index in [-0.39, 0.29) is 36.1 Å². The Morgan fingerprint density at radius 1 is 0.800 bits per heavy atom. The van der Waals surface area contributed by atoms with E-state index in [1.807, 2.05) is 48.5 Å². The second kappa shape index (κ2) is 9.30. The number of aliphatic carboxylic acids is 1. The number of carboxylic acids is 1. The normalized spacial score (nSPS) is 20.9. The Balaban J connectivity index is 1.89. The lowest BCUT2D eigenvalue weighted by molar-refractivity contribution is -0.138. The minimum absolute atomic E-state index is 0.0145. The van der Waals surface area contributed by atoms with Crippen LogP contribution < -0.4 is 22.9 Å². The summed E-state index contributed by atoms with van der Waals surface area (Å²) in [6, 6.07) is 15.7. The van der Waals surface area contributed by atoms with Gasteiger partial charge < -0.3 is 28.0 Å². The van der Waals surface area contributed by atoms with Crippen LogP contribution in [0.4, 0.5) is 11.4 Å². The molecule has 1 aliphatic carbocycles. The first-order valence-electron chi connectivity index (χ1n) is 9.93. The fourth-order valence-corrected chi connectivity index (χ4v) is 4.35. The Morgan fingerprint density at radius 2 is 1.27 bits per heavy atom. The van der Waals surface area contributed by atoms with Gasteiger partial charge in [-0.05, 0) is 72.4 Å². The highest BCUT2D eigenvalue weighted by Crippen LogP contribution is 2.47. The molecule has 0 radical (unpaired) electrons. The monoisotopic (exact) mass is 408 g/mol. The Morgan fingerprint density at radius 3 is 1.70 bits per heavy atom. The number of carboxylic acid groups (broad SMARTS) is 1. The molecule has 1 aliphatic rings. The van der Waals surface area contributed by atoms with E-state index in [0.717, 1.165) is 24.8 Å². The van der Waals surface area contributed by atoms with Crippen molar-refractivity contribution < 1.29 is 9.90 Å². The number of hydrogen-bond acceptors (Lipinski definition) is 3. The van der Waals surface area contributed by atoms with Gasteiger partial charge in [0, 0.05) is 6.42 Å². The molecule has 8 nitrogen and oxygen atoms in total. The van der Waals surface area contributed by atoms with Crippen molar-refractivity contribution in [2.75, 3.05) is 0 Å². The highest BCUT2D eigenvalue weighted by Gasteiger charge is 2.33. The zero-order chi connectivity index (χ0) is 21.7. The molecule has 0 aromatic heterocycles. The molecule has 9 N–H and O–H groups in total. The van der Waals surface area contributed by atoms with Crippen LogP contribution in [0, 0.1) is 5.92 Å². The molecule has 158 valence electrons. The summed E-state index contributed by atoms with van der Waals surface area (Å²) in [4.78, 5) is 19.4. The molecule has 1 unspecified atom stereocenters. The maximum Gasteiger partial charge on any atom is 0.303 e. The van der Waals surface area contributed by atoms with Crippen molar-refractivity contribution in [1.82, 2.24) is 0 Å². The predicted molar refractivity (Wildman–Crippen MR) is 119 cm³/mol. The van der Waals surface area contributed by atoms with E-state index in [9.17, 15) is 9.90 Å². The number of nitrogens with zero attached hydrogens (tertiary/aromatic N) is 2. The van der Waals surface area contributed by atoms with Gasteiger partial charge in [0.15, 0.2) is 11.9 Å². The van der Waals surface area contributed by atoms with Crippen LogP contribution in [0.5, 0.6) is 0 Å². The molecule has 0 spiro atoms. The average molecular weight is 409 g/mol. The minimum Gasteiger partial charge on any atom is -0.481 e. The summed E-state index contributed by atoms with van der Waals surface area (Å²) in [5.41, 5.74) is 25.6. The summed E-state index contributed by atoms with van der Waals surface area (Å²) in [6.07, 6.45) is 2.81. The van der Waals surface area contributed by atoms with Crippen LogP contribution in [-0.4, -0.2) is 23.0 Å². The molecule has 30 heavy (non-hydrogen) atoms. The van der Waals surface area contributed by atoms with Gasteiger partial charge >= 0.3 is 5.97 Å². The van der Waals surface area contributed by atoms with Crippen LogP contribution >= 0.6 is 0 Å². The van der Waals surface area contributed by atoms with Gasteiger partial charge in [-0.2, -0.15) is 0 Å². The van der Waals surface area contributed by atoms with Crippen LogP contribution in [0.25, 0.3) is 0 Å². The molecule has 3 atom stereocenters. The predicted octanol–water partition coefficient (Wildman–Crippen LogP) is 2.64. The average Bonchev–Trinajstić information content (AvgIpc) is 2.68. The molecule has 2 aromatic rings. The van der Waals surface area contributed by atoms with Crippen LogP contribution in [0.15, 0.2) is 58.5 Å². The zero-order valence-electron chi connectivity index (χ0n) is 16.7. The van der Waals surface area contributed by atoms with E-state index in [1.54, 1.807) is 0 Å². The van der Waals surface area contributed by atoms with Crippen molar-refractivity contribution in [3.05, 3.63) is 59.7 Å². The lowest BCUT2D eigenvalue weighted by Crippen LogP contribution is -2.24. The summed E-state index contributed by atoms with van der Waals surface area (Å²) in [7, 11) is 0. The third kappa shape index (κ3) is 5.50. The minimum atomic E-state index is -0.748. The summed E-state index contributed by atoms with van der Waals surface area (Å²) in [6.45, 7) is 0. The highest BCUT2D eigenvalue weighted by atomic mass is 16.4. The molecule has 0 amide bonds. The summed E-state index contributed by atoms with van der Waals surface area (Å²) < 4.78 is 0. The highest BCUT2D eigenvalue weighted by molar-refractivity contribution is 5.79. The zero-order valence-corrected chi connectivity index (χ0v) is 16.7. The quantitative estimate of drug-likeness (QED) is 0.364. The van der Waals surface area contributed by atoms with Gasteiger partial charge in [-0.3, -0.25) is 4.79 Å². The van der Waals surface area contributed by atoms with E-state index in [4.69, 9.17) is 22.9 Å². The number of hydrogen-bond donors (Lipinski definition) is 5. The lowest BCUT2D eigenvalue weighted by Gasteiger charge is -2.36. The van der Waals surface area contributed by atoms with Gasteiger partial charge in [-0.25, -0.2) is 9.98 Å². The third-order valence-electron chi connectivity index (χ3n) is 5.58. The summed E-state index contributed by atoms with van der Waals surface area (Å²) >= 11 is 0. The van der Waals surface area contributed by atoms with Crippen LogP contribution in [0.3, 0.4) is 0 Å². The SMILES string of the molecule is NC(N)=Nc1ccc([C@@H]2CCC(CC(=O)O)C[C@H]2c2ccc(N=C(N)N)cc2)cc1. The van der Waals surface area contributed by atoms with Crippen molar-refractivity contribution in [2.45, 2.75) is 37.5 Å². The molecule has 0 bridgehead atoms. The third-order valence-corrected chi connectivity index (χ3v) is 5.58. The van der Waals surface area contributed by atoms with Crippen molar-refractivity contribution in [2.24, 2.45) is 38.8 Å². The Kier molecular flexibility index (Phi) is 6.56. The second-order valence-electron chi connectivity index (χ2n) is 7.75.